The maximum Gasteiger partial charge on any atom is 0.242 e. The molecule has 0 aromatic heterocycles. The summed E-state index contributed by atoms with van der Waals surface area (Å²) in [4.78, 5) is 14.0. The van der Waals surface area contributed by atoms with Crippen LogP contribution in [0.3, 0.4) is 0 Å². The smallest absolute Gasteiger partial charge is 0.242 e. The monoisotopic (exact) mass is 295 g/mol. The molecular formula is C15H22ClN3O. The van der Waals surface area contributed by atoms with Gasteiger partial charge in [-0.15, -0.1) is 0 Å². The lowest BCUT2D eigenvalue weighted by atomic mass is 10.1. The molecule has 4 nitrogen and oxygen atoms in total. The van der Waals surface area contributed by atoms with Crippen LogP contribution < -0.4 is 15.5 Å². The minimum Gasteiger partial charge on any atom is -0.357 e. The summed E-state index contributed by atoms with van der Waals surface area (Å²) in [6.45, 7) is 7.32. The van der Waals surface area contributed by atoms with Crippen molar-refractivity contribution >= 4 is 23.2 Å². The van der Waals surface area contributed by atoms with Crippen molar-refractivity contribution in [2.24, 2.45) is 0 Å². The molecule has 0 spiro atoms. The third-order valence-corrected chi connectivity index (χ3v) is 3.92. The molecule has 1 aromatic rings. The number of hydrogen-bond donors (Lipinski definition) is 2. The molecule has 0 aliphatic carbocycles. The average Bonchev–Trinajstić information content (AvgIpc) is 2.45. The van der Waals surface area contributed by atoms with Gasteiger partial charge in [-0.3, -0.25) is 4.79 Å². The highest BCUT2D eigenvalue weighted by atomic mass is 35.5. The van der Waals surface area contributed by atoms with E-state index in [9.17, 15) is 4.79 Å². The van der Waals surface area contributed by atoms with Crippen LogP contribution in [-0.2, 0) is 11.3 Å². The Morgan fingerprint density at radius 1 is 1.45 bits per heavy atom. The van der Waals surface area contributed by atoms with Crippen molar-refractivity contribution in [1.82, 2.24) is 10.6 Å². The summed E-state index contributed by atoms with van der Waals surface area (Å²) < 4.78 is 0. The van der Waals surface area contributed by atoms with Crippen LogP contribution in [0.25, 0.3) is 0 Å². The van der Waals surface area contributed by atoms with Gasteiger partial charge in [-0.1, -0.05) is 31.5 Å². The molecule has 1 atom stereocenters. The Labute approximate surface area is 125 Å². The minimum absolute atomic E-state index is 0.0894. The van der Waals surface area contributed by atoms with Gasteiger partial charge < -0.3 is 15.5 Å². The standard InChI is InChI=1S/C15H22ClN3O/c1-3-13-15(20)18-7-8-19(13)14-6-5-11(9-12(14)16)10-17-4-2/h5-6,9,13,17H,3-4,7-8,10H2,1-2H3,(H,18,20). The van der Waals surface area contributed by atoms with E-state index in [0.717, 1.165) is 37.3 Å². The number of carbonyl (C=O) groups is 1. The fraction of sp³-hybridized carbons (Fsp3) is 0.533. The molecule has 1 aromatic carbocycles. The third-order valence-electron chi connectivity index (χ3n) is 3.62. The van der Waals surface area contributed by atoms with E-state index in [0.29, 0.717) is 11.6 Å². The first-order chi connectivity index (χ1) is 9.67. The maximum absolute atomic E-state index is 11.9. The number of rotatable bonds is 5. The molecule has 5 heteroatoms. The molecule has 1 saturated heterocycles. The van der Waals surface area contributed by atoms with E-state index >= 15 is 0 Å². The fourth-order valence-corrected chi connectivity index (χ4v) is 2.88. The molecule has 1 heterocycles. The van der Waals surface area contributed by atoms with Crippen molar-refractivity contribution in [3.8, 4) is 0 Å². The summed E-state index contributed by atoms with van der Waals surface area (Å²) >= 11 is 6.41. The normalized spacial score (nSPS) is 19.1. The van der Waals surface area contributed by atoms with Gasteiger partial charge in [0.05, 0.1) is 10.7 Å². The van der Waals surface area contributed by atoms with E-state index in [4.69, 9.17) is 11.6 Å². The molecule has 0 radical (unpaired) electrons. The average molecular weight is 296 g/mol. The topological polar surface area (TPSA) is 44.4 Å². The van der Waals surface area contributed by atoms with Gasteiger partial charge in [0.25, 0.3) is 0 Å². The Bertz CT molecular complexity index is 478. The third kappa shape index (κ3) is 3.25. The largest absolute Gasteiger partial charge is 0.357 e. The summed E-state index contributed by atoms with van der Waals surface area (Å²) in [5.74, 6) is 0.0894. The zero-order valence-corrected chi connectivity index (χ0v) is 12.8. The lowest BCUT2D eigenvalue weighted by Crippen LogP contribution is -2.55. The molecule has 1 amide bonds. The van der Waals surface area contributed by atoms with E-state index in [1.54, 1.807) is 0 Å². The molecule has 20 heavy (non-hydrogen) atoms. The molecule has 1 aliphatic heterocycles. The number of piperazine rings is 1. The van der Waals surface area contributed by atoms with Crippen LogP contribution in [0.5, 0.6) is 0 Å². The second-order valence-electron chi connectivity index (χ2n) is 4.97. The van der Waals surface area contributed by atoms with Gasteiger partial charge in [-0.05, 0) is 30.7 Å². The first kappa shape index (κ1) is 15.1. The Hall–Kier alpha value is -1.26. The van der Waals surface area contributed by atoms with Gasteiger partial charge in [-0.25, -0.2) is 0 Å². The number of hydrogen-bond acceptors (Lipinski definition) is 3. The van der Waals surface area contributed by atoms with Crippen molar-refractivity contribution in [3.05, 3.63) is 28.8 Å². The van der Waals surface area contributed by atoms with Gasteiger partial charge in [0, 0.05) is 19.6 Å². The van der Waals surface area contributed by atoms with E-state index in [-0.39, 0.29) is 11.9 Å². The van der Waals surface area contributed by atoms with Crippen LogP contribution >= 0.6 is 11.6 Å². The van der Waals surface area contributed by atoms with Crippen LogP contribution in [0, 0.1) is 0 Å². The van der Waals surface area contributed by atoms with Crippen LogP contribution in [0.15, 0.2) is 18.2 Å². The Balaban J connectivity index is 2.21. The molecule has 1 aliphatic rings. The summed E-state index contributed by atoms with van der Waals surface area (Å²) in [6, 6.07) is 5.96. The van der Waals surface area contributed by atoms with Gasteiger partial charge in [-0.2, -0.15) is 0 Å². The molecule has 0 saturated carbocycles. The van der Waals surface area contributed by atoms with E-state index in [1.165, 1.54) is 0 Å². The lowest BCUT2D eigenvalue weighted by Gasteiger charge is -2.36. The number of benzene rings is 1. The summed E-state index contributed by atoms with van der Waals surface area (Å²) in [6.07, 6.45) is 0.779. The molecule has 1 unspecified atom stereocenters. The van der Waals surface area contributed by atoms with Crippen LogP contribution in [-0.4, -0.2) is 31.6 Å². The minimum atomic E-state index is -0.124. The first-order valence-corrected chi connectivity index (χ1v) is 7.58. The molecule has 2 N–H and O–H groups in total. The van der Waals surface area contributed by atoms with Crippen molar-refractivity contribution in [2.45, 2.75) is 32.9 Å². The van der Waals surface area contributed by atoms with Gasteiger partial charge in [0.2, 0.25) is 5.91 Å². The Morgan fingerprint density at radius 2 is 2.25 bits per heavy atom. The quantitative estimate of drug-likeness (QED) is 0.875. The summed E-state index contributed by atoms with van der Waals surface area (Å²) in [5, 5.41) is 6.91. The van der Waals surface area contributed by atoms with Gasteiger partial charge in [0.15, 0.2) is 0 Å². The van der Waals surface area contributed by atoms with Gasteiger partial charge >= 0.3 is 0 Å². The molecule has 1 fully saturated rings. The van der Waals surface area contributed by atoms with Crippen molar-refractivity contribution in [2.75, 3.05) is 24.5 Å². The predicted molar refractivity (Wildman–Crippen MR) is 83.3 cm³/mol. The number of anilines is 1. The highest BCUT2D eigenvalue weighted by Gasteiger charge is 2.29. The van der Waals surface area contributed by atoms with Gasteiger partial charge in [0.1, 0.15) is 6.04 Å². The predicted octanol–water partition coefficient (Wildman–Crippen LogP) is 2.16. The maximum atomic E-state index is 11.9. The number of nitrogens with one attached hydrogen (secondary N) is 2. The summed E-state index contributed by atoms with van der Waals surface area (Å²) in [7, 11) is 0. The zero-order valence-electron chi connectivity index (χ0n) is 12.1. The van der Waals surface area contributed by atoms with Crippen molar-refractivity contribution in [1.29, 1.82) is 0 Å². The van der Waals surface area contributed by atoms with Crippen molar-refractivity contribution in [3.63, 3.8) is 0 Å². The van der Waals surface area contributed by atoms with E-state index in [2.05, 4.69) is 28.5 Å². The molecule has 0 bridgehead atoms. The highest BCUT2D eigenvalue weighted by Crippen LogP contribution is 2.30. The number of amides is 1. The SMILES string of the molecule is CCNCc1ccc(N2CCNC(=O)C2CC)c(Cl)c1. The number of carbonyl (C=O) groups excluding carboxylic acids is 1. The van der Waals surface area contributed by atoms with Crippen molar-refractivity contribution < 1.29 is 4.79 Å². The zero-order chi connectivity index (χ0) is 14.5. The summed E-state index contributed by atoms with van der Waals surface area (Å²) in [5.41, 5.74) is 2.11. The molecule has 110 valence electrons. The number of nitrogens with zero attached hydrogens (tertiary/aromatic N) is 1. The fourth-order valence-electron chi connectivity index (χ4n) is 2.57. The van der Waals surface area contributed by atoms with Crippen LogP contribution in [0.2, 0.25) is 5.02 Å². The lowest BCUT2D eigenvalue weighted by molar-refractivity contribution is -0.123. The molecular weight excluding hydrogens is 274 g/mol. The molecule has 2 rings (SSSR count). The van der Waals surface area contributed by atoms with Crippen LogP contribution in [0.4, 0.5) is 5.69 Å². The van der Waals surface area contributed by atoms with E-state index in [1.807, 2.05) is 19.1 Å². The second-order valence-corrected chi connectivity index (χ2v) is 5.38. The second kappa shape index (κ2) is 6.95. The number of halogens is 1. The first-order valence-electron chi connectivity index (χ1n) is 7.20. The highest BCUT2D eigenvalue weighted by molar-refractivity contribution is 6.33. The Kier molecular flexibility index (Phi) is 5.26. The van der Waals surface area contributed by atoms with E-state index < -0.39 is 0 Å². The van der Waals surface area contributed by atoms with Crippen LogP contribution in [0.1, 0.15) is 25.8 Å². The Morgan fingerprint density at radius 3 is 2.90 bits per heavy atom.